The van der Waals surface area contributed by atoms with Crippen LogP contribution in [0, 0.1) is 0 Å². The number of pyridine rings is 1. The summed E-state index contributed by atoms with van der Waals surface area (Å²) in [7, 11) is 2.92. The fourth-order valence-electron chi connectivity index (χ4n) is 4.14. The standard InChI is InChI=1S/C28H26N2O7/c1-16(2)37-28(34)18-5-7-19(8-6-18)30-24(17-11-13-29-14-12-17)23(26(32)27(30)33)25(31)21-10-9-20(35-3)15-22(21)36-4/h5-16,24,31H,1-4H3/b25-23-. The second-order valence-electron chi connectivity index (χ2n) is 8.52. The van der Waals surface area contributed by atoms with E-state index < -0.39 is 23.7 Å². The van der Waals surface area contributed by atoms with Gasteiger partial charge in [-0.25, -0.2) is 4.79 Å². The number of methoxy groups -OCH3 is 2. The Hall–Kier alpha value is -4.66. The number of Topliss-reactive ketones (excluding diaryl/α,β-unsaturated/α-hetero) is 1. The molecule has 0 bridgehead atoms. The van der Waals surface area contributed by atoms with Crippen LogP contribution in [-0.4, -0.2) is 48.1 Å². The van der Waals surface area contributed by atoms with Crippen LogP contribution in [0.2, 0.25) is 0 Å². The number of rotatable bonds is 7. The molecule has 1 amide bonds. The fourth-order valence-corrected chi connectivity index (χ4v) is 4.14. The number of benzene rings is 2. The van der Waals surface area contributed by atoms with E-state index in [0.717, 1.165) is 0 Å². The number of ether oxygens (including phenoxy) is 3. The van der Waals surface area contributed by atoms with E-state index in [1.807, 2.05) is 0 Å². The zero-order chi connectivity index (χ0) is 26.7. The Morgan fingerprint density at radius 1 is 0.973 bits per heavy atom. The van der Waals surface area contributed by atoms with E-state index in [0.29, 0.717) is 22.6 Å². The molecule has 0 radical (unpaired) electrons. The largest absolute Gasteiger partial charge is 0.507 e. The molecule has 1 unspecified atom stereocenters. The van der Waals surface area contributed by atoms with E-state index >= 15 is 0 Å². The number of amides is 1. The van der Waals surface area contributed by atoms with Crippen molar-refractivity contribution in [2.75, 3.05) is 19.1 Å². The molecule has 4 rings (SSSR count). The van der Waals surface area contributed by atoms with E-state index in [2.05, 4.69) is 4.98 Å². The summed E-state index contributed by atoms with van der Waals surface area (Å²) >= 11 is 0. The molecule has 9 nitrogen and oxygen atoms in total. The van der Waals surface area contributed by atoms with Gasteiger partial charge in [0, 0.05) is 24.1 Å². The van der Waals surface area contributed by atoms with Gasteiger partial charge < -0.3 is 19.3 Å². The molecule has 9 heteroatoms. The number of ketones is 1. The summed E-state index contributed by atoms with van der Waals surface area (Å²) in [6, 6.07) is 13.3. The SMILES string of the molecule is COc1ccc(/C(O)=C2/C(=O)C(=O)N(c3ccc(C(=O)OC(C)C)cc3)C2c2ccncc2)c(OC)c1. The van der Waals surface area contributed by atoms with Crippen molar-refractivity contribution in [2.24, 2.45) is 0 Å². The number of carbonyl (C=O) groups is 3. The molecule has 3 aromatic rings. The molecule has 37 heavy (non-hydrogen) atoms. The Labute approximate surface area is 213 Å². The number of aromatic nitrogens is 1. The third-order valence-electron chi connectivity index (χ3n) is 5.85. The number of aliphatic hydroxyl groups excluding tert-OH is 1. The van der Waals surface area contributed by atoms with Gasteiger partial charge in [-0.15, -0.1) is 0 Å². The molecule has 1 atom stereocenters. The van der Waals surface area contributed by atoms with E-state index in [-0.39, 0.29) is 28.7 Å². The number of hydrogen-bond acceptors (Lipinski definition) is 8. The average Bonchev–Trinajstić information content (AvgIpc) is 3.18. The van der Waals surface area contributed by atoms with Crippen LogP contribution in [0.4, 0.5) is 5.69 Å². The van der Waals surface area contributed by atoms with Crippen molar-refractivity contribution >= 4 is 29.1 Å². The first-order chi connectivity index (χ1) is 17.8. The Kier molecular flexibility index (Phi) is 7.24. The average molecular weight is 503 g/mol. The quantitative estimate of drug-likeness (QED) is 0.220. The van der Waals surface area contributed by atoms with Crippen LogP contribution in [0.25, 0.3) is 5.76 Å². The van der Waals surface area contributed by atoms with Crippen molar-refractivity contribution in [3.8, 4) is 11.5 Å². The monoisotopic (exact) mass is 502 g/mol. The third-order valence-corrected chi connectivity index (χ3v) is 5.85. The van der Waals surface area contributed by atoms with Gasteiger partial charge >= 0.3 is 5.97 Å². The molecule has 0 aliphatic carbocycles. The van der Waals surface area contributed by atoms with Gasteiger partial charge in [-0.2, -0.15) is 0 Å². The lowest BCUT2D eigenvalue weighted by Crippen LogP contribution is -2.29. The number of aliphatic hydroxyl groups is 1. The zero-order valence-corrected chi connectivity index (χ0v) is 20.8. The van der Waals surface area contributed by atoms with E-state index in [9.17, 15) is 19.5 Å². The minimum Gasteiger partial charge on any atom is -0.507 e. The highest BCUT2D eigenvalue weighted by atomic mass is 16.5. The highest BCUT2D eigenvalue weighted by Gasteiger charge is 2.47. The Balaban J connectivity index is 1.85. The van der Waals surface area contributed by atoms with E-state index in [1.54, 1.807) is 56.3 Å². The number of carbonyl (C=O) groups excluding carboxylic acids is 3. The molecule has 1 aromatic heterocycles. The van der Waals surface area contributed by atoms with Gasteiger partial charge in [-0.3, -0.25) is 19.5 Å². The van der Waals surface area contributed by atoms with Gasteiger partial charge in [0.1, 0.15) is 17.3 Å². The summed E-state index contributed by atoms with van der Waals surface area (Å²) in [5, 5.41) is 11.4. The third kappa shape index (κ3) is 4.88. The lowest BCUT2D eigenvalue weighted by Gasteiger charge is -2.25. The lowest BCUT2D eigenvalue weighted by atomic mass is 9.95. The van der Waals surface area contributed by atoms with Crippen LogP contribution < -0.4 is 14.4 Å². The molecular formula is C28H26N2O7. The van der Waals surface area contributed by atoms with Crippen LogP contribution in [0.3, 0.4) is 0 Å². The first-order valence-electron chi connectivity index (χ1n) is 11.5. The van der Waals surface area contributed by atoms with Crippen molar-refractivity contribution in [3.05, 3.63) is 89.3 Å². The first-order valence-corrected chi connectivity index (χ1v) is 11.5. The minimum absolute atomic E-state index is 0.108. The molecule has 2 heterocycles. The van der Waals surface area contributed by atoms with Gasteiger partial charge in [0.15, 0.2) is 0 Å². The maximum Gasteiger partial charge on any atom is 0.338 e. The van der Waals surface area contributed by atoms with Gasteiger partial charge in [-0.05, 0) is 67.9 Å². The maximum absolute atomic E-state index is 13.3. The van der Waals surface area contributed by atoms with Gasteiger partial charge in [0.2, 0.25) is 0 Å². The number of hydrogen-bond donors (Lipinski definition) is 1. The summed E-state index contributed by atoms with van der Waals surface area (Å²) in [4.78, 5) is 44.3. The molecule has 1 aliphatic rings. The Morgan fingerprint density at radius 2 is 1.65 bits per heavy atom. The zero-order valence-electron chi connectivity index (χ0n) is 20.8. The molecule has 0 spiro atoms. The van der Waals surface area contributed by atoms with E-state index in [4.69, 9.17) is 14.2 Å². The number of esters is 1. The van der Waals surface area contributed by atoms with Gasteiger partial charge in [-0.1, -0.05) is 0 Å². The molecule has 0 saturated carbocycles. The summed E-state index contributed by atoms with van der Waals surface area (Å²) < 4.78 is 15.9. The Bertz CT molecular complexity index is 1370. The summed E-state index contributed by atoms with van der Waals surface area (Å²) in [6.45, 7) is 3.50. The Morgan fingerprint density at radius 3 is 2.24 bits per heavy atom. The number of nitrogens with zero attached hydrogens (tertiary/aromatic N) is 2. The lowest BCUT2D eigenvalue weighted by molar-refractivity contribution is -0.132. The second kappa shape index (κ2) is 10.5. The topological polar surface area (TPSA) is 115 Å². The normalized spacial score (nSPS) is 16.7. The molecule has 1 fully saturated rings. The predicted octanol–water partition coefficient (Wildman–Crippen LogP) is 4.29. The van der Waals surface area contributed by atoms with Crippen LogP contribution in [0.1, 0.15) is 41.4 Å². The summed E-state index contributed by atoms with van der Waals surface area (Å²) in [5.74, 6) is -1.81. The van der Waals surface area contributed by atoms with Crippen molar-refractivity contribution in [1.82, 2.24) is 4.98 Å². The van der Waals surface area contributed by atoms with E-state index in [1.165, 1.54) is 43.6 Å². The predicted molar refractivity (Wildman–Crippen MR) is 136 cm³/mol. The molecule has 2 aromatic carbocycles. The van der Waals surface area contributed by atoms with Crippen molar-refractivity contribution in [3.63, 3.8) is 0 Å². The van der Waals surface area contributed by atoms with Gasteiger partial charge in [0.05, 0.1) is 43.1 Å². The summed E-state index contributed by atoms with van der Waals surface area (Å²) in [6.07, 6.45) is 2.79. The number of anilines is 1. The molecular weight excluding hydrogens is 476 g/mol. The highest BCUT2D eigenvalue weighted by molar-refractivity contribution is 6.51. The van der Waals surface area contributed by atoms with Crippen LogP contribution >= 0.6 is 0 Å². The van der Waals surface area contributed by atoms with Crippen LogP contribution in [0.5, 0.6) is 11.5 Å². The van der Waals surface area contributed by atoms with Crippen LogP contribution in [-0.2, 0) is 14.3 Å². The molecule has 190 valence electrons. The summed E-state index contributed by atoms with van der Waals surface area (Å²) in [5.41, 5.74) is 1.35. The minimum atomic E-state index is -0.955. The first kappa shape index (κ1) is 25.4. The van der Waals surface area contributed by atoms with Crippen molar-refractivity contribution < 1.29 is 33.7 Å². The second-order valence-corrected chi connectivity index (χ2v) is 8.52. The van der Waals surface area contributed by atoms with Crippen molar-refractivity contribution in [1.29, 1.82) is 0 Å². The smallest absolute Gasteiger partial charge is 0.338 e. The fraction of sp³-hybridized carbons (Fsp3) is 0.214. The maximum atomic E-state index is 13.3. The molecule has 1 N–H and O–H groups in total. The van der Waals surface area contributed by atoms with Crippen LogP contribution in [0.15, 0.2) is 72.6 Å². The van der Waals surface area contributed by atoms with Crippen molar-refractivity contribution in [2.45, 2.75) is 26.0 Å². The molecule has 1 aliphatic heterocycles. The highest BCUT2D eigenvalue weighted by Crippen LogP contribution is 2.43. The molecule has 1 saturated heterocycles. The van der Waals surface area contributed by atoms with Gasteiger partial charge in [0.25, 0.3) is 11.7 Å².